The predicted octanol–water partition coefficient (Wildman–Crippen LogP) is 7.61. The summed E-state index contributed by atoms with van der Waals surface area (Å²) < 4.78 is 0. The molecule has 0 saturated heterocycles. The molecule has 0 rings (SSSR count). The van der Waals surface area contributed by atoms with Gasteiger partial charge in [-0.25, -0.2) is 0 Å². The number of hydrogen-bond acceptors (Lipinski definition) is 0. The predicted molar refractivity (Wildman–Crippen MR) is 97.2 cm³/mol. The van der Waals surface area contributed by atoms with Crippen LogP contribution in [-0.4, -0.2) is 14.1 Å². The minimum Gasteiger partial charge on any atom is -0.0967 e. The molecule has 0 aliphatic heterocycles. The van der Waals surface area contributed by atoms with E-state index in [0.29, 0.717) is 0 Å². The molecule has 0 aliphatic rings. The van der Waals surface area contributed by atoms with Crippen LogP contribution in [0, 0.1) is 0 Å². The van der Waals surface area contributed by atoms with Gasteiger partial charge in [0.2, 0.25) is 0 Å². The molecule has 0 nitrogen and oxygen atoms in total. The van der Waals surface area contributed by atoms with Crippen molar-refractivity contribution in [3.05, 3.63) is 0 Å². The zero-order valence-corrected chi connectivity index (χ0v) is 16.0. The summed E-state index contributed by atoms with van der Waals surface area (Å²) in [5.74, 6) is 0. The highest BCUT2D eigenvalue weighted by atomic mass is 27.2. The molecule has 0 aliphatic carbocycles. The van der Waals surface area contributed by atoms with E-state index in [1.807, 2.05) is 0 Å². The van der Waals surface area contributed by atoms with E-state index in [4.69, 9.17) is 0 Å². The van der Waals surface area contributed by atoms with E-state index < -0.39 is 0 Å². The summed E-state index contributed by atoms with van der Waals surface area (Å²) in [7, 11) is 0. The number of hydrogen-bond donors (Lipinski definition) is 0. The first-order chi connectivity index (χ1) is 9.85. The van der Waals surface area contributed by atoms with E-state index in [2.05, 4.69) is 20.8 Å². The van der Waals surface area contributed by atoms with Gasteiger partial charge >= 0.3 is 0 Å². The topological polar surface area (TPSA) is 0 Å². The number of unbranched alkanes of at least 4 members (excludes halogenated alkanes) is 12. The van der Waals surface area contributed by atoms with Crippen LogP contribution in [0.4, 0.5) is 0 Å². The molecule has 0 heterocycles. The molecule has 0 aromatic carbocycles. The Hall–Kier alpha value is 0.532. The van der Waals surface area contributed by atoms with Crippen LogP contribution in [0.3, 0.4) is 0 Å². The van der Waals surface area contributed by atoms with Crippen molar-refractivity contribution in [1.29, 1.82) is 0 Å². The highest BCUT2D eigenvalue weighted by molar-refractivity contribution is 6.58. The average Bonchev–Trinajstić information content (AvgIpc) is 2.48. The zero-order chi connectivity index (χ0) is 14.9. The highest BCUT2D eigenvalue weighted by Gasteiger charge is 2.09. The van der Waals surface area contributed by atoms with Crippen molar-refractivity contribution in [3.8, 4) is 0 Å². The van der Waals surface area contributed by atoms with Crippen molar-refractivity contribution in [3.63, 3.8) is 0 Å². The molecule has 0 amide bonds. The lowest BCUT2D eigenvalue weighted by Gasteiger charge is -2.06. The Morgan fingerprint density at radius 1 is 0.450 bits per heavy atom. The normalized spacial score (nSPS) is 10.9. The molecule has 0 radical (unpaired) electrons. The van der Waals surface area contributed by atoms with Gasteiger partial charge in [-0.3, -0.25) is 0 Å². The van der Waals surface area contributed by atoms with Gasteiger partial charge in [-0.15, -0.1) is 0 Å². The van der Waals surface area contributed by atoms with Crippen LogP contribution in [0.1, 0.15) is 104 Å². The maximum atomic E-state index is 2.41. The first-order valence-electron chi connectivity index (χ1n) is 9.85. The van der Waals surface area contributed by atoms with E-state index in [9.17, 15) is 0 Å². The highest BCUT2D eigenvalue weighted by Crippen LogP contribution is 2.15. The molecule has 0 fully saturated rings. The molecule has 0 bridgehead atoms. The second-order valence-electron chi connectivity index (χ2n) is 6.71. The van der Waals surface area contributed by atoms with Gasteiger partial charge in [-0.1, -0.05) is 120 Å². The molecule has 120 valence electrons. The van der Waals surface area contributed by atoms with Gasteiger partial charge in [0.1, 0.15) is 0 Å². The first-order valence-corrected chi connectivity index (χ1v) is 12.3. The first kappa shape index (κ1) is 20.5. The molecule has 0 N–H and O–H groups in total. The Balaban J connectivity index is 3.02. The van der Waals surface area contributed by atoms with Gasteiger partial charge in [0.05, 0.1) is 0 Å². The summed E-state index contributed by atoms with van der Waals surface area (Å²) >= 11 is -0.279. The van der Waals surface area contributed by atoms with E-state index >= 15 is 0 Å². The van der Waals surface area contributed by atoms with E-state index in [1.54, 1.807) is 5.28 Å². The molecule has 0 spiro atoms. The largest absolute Gasteiger partial charge is 0.261 e. The molecule has 0 aromatic rings. The van der Waals surface area contributed by atoms with Crippen LogP contribution in [0.2, 0.25) is 15.8 Å². The second kappa shape index (κ2) is 17.6. The van der Waals surface area contributed by atoms with Gasteiger partial charge in [-0.2, -0.15) is 0 Å². The smallest absolute Gasteiger partial charge is 0.0967 e. The van der Waals surface area contributed by atoms with Gasteiger partial charge in [0.25, 0.3) is 14.1 Å². The van der Waals surface area contributed by atoms with Crippen molar-refractivity contribution >= 4 is 14.1 Å². The quantitative estimate of drug-likeness (QED) is 0.203. The van der Waals surface area contributed by atoms with Crippen molar-refractivity contribution in [2.75, 3.05) is 0 Å². The van der Waals surface area contributed by atoms with Crippen LogP contribution in [-0.2, 0) is 0 Å². The van der Waals surface area contributed by atoms with Crippen molar-refractivity contribution in [1.82, 2.24) is 0 Å². The van der Waals surface area contributed by atoms with Crippen LogP contribution >= 0.6 is 0 Å². The van der Waals surface area contributed by atoms with Crippen molar-refractivity contribution in [2.45, 2.75) is 120 Å². The maximum Gasteiger partial charge on any atom is 0.261 e. The summed E-state index contributed by atoms with van der Waals surface area (Å²) in [5.41, 5.74) is 0. The Kier molecular flexibility index (Phi) is 18.1. The van der Waals surface area contributed by atoms with Gasteiger partial charge in [-0.05, 0) is 0 Å². The summed E-state index contributed by atoms with van der Waals surface area (Å²) in [4.78, 5) is 0. The Labute approximate surface area is 134 Å². The lowest BCUT2D eigenvalue weighted by molar-refractivity contribution is 0.542. The summed E-state index contributed by atoms with van der Waals surface area (Å²) in [6, 6.07) is 0. The lowest BCUT2D eigenvalue weighted by atomic mass is 10.1. The summed E-state index contributed by atoms with van der Waals surface area (Å²) in [5, 5.41) is 4.66. The molecule has 0 atom stereocenters. The molecule has 0 unspecified atom stereocenters. The van der Waals surface area contributed by atoms with Crippen molar-refractivity contribution in [2.24, 2.45) is 0 Å². The van der Waals surface area contributed by atoms with Crippen LogP contribution < -0.4 is 0 Å². The van der Waals surface area contributed by atoms with E-state index in [0.717, 1.165) is 0 Å². The monoisotopic (exact) mass is 296 g/mol. The van der Waals surface area contributed by atoms with E-state index in [-0.39, 0.29) is 14.1 Å². The minimum atomic E-state index is -0.279. The van der Waals surface area contributed by atoms with Crippen LogP contribution in [0.15, 0.2) is 0 Å². The third-order valence-electron chi connectivity index (χ3n) is 4.87. The standard InChI is InChI=1S/C15H31.2C2H5.Al/c1-3-5-7-9-11-13-15-14-12-10-8-6-4-2;2*1-2;/h1,3-15H2,2H3;2*1H2,2H3;. The third-order valence-corrected chi connectivity index (χ3v) is 8.40. The Bertz CT molecular complexity index is 163. The zero-order valence-electron chi connectivity index (χ0n) is 14.9. The fraction of sp³-hybridized carbons (Fsp3) is 1.00. The molecule has 0 aromatic heterocycles. The van der Waals surface area contributed by atoms with Crippen LogP contribution in [0.25, 0.3) is 0 Å². The fourth-order valence-electron chi connectivity index (χ4n) is 3.15. The SMILES string of the molecule is CCCCCCCCCCCCCC[CH2][Al]([CH2]C)[CH2]C. The van der Waals surface area contributed by atoms with Crippen LogP contribution in [0.5, 0.6) is 0 Å². The maximum absolute atomic E-state index is 2.41. The fourth-order valence-corrected chi connectivity index (χ4v) is 5.41. The second-order valence-corrected chi connectivity index (χ2v) is 10.7. The summed E-state index contributed by atoms with van der Waals surface area (Å²) in [6.07, 6.45) is 19.3. The summed E-state index contributed by atoms with van der Waals surface area (Å²) in [6.45, 7) is 7.11. The van der Waals surface area contributed by atoms with Crippen molar-refractivity contribution < 1.29 is 0 Å². The van der Waals surface area contributed by atoms with Gasteiger partial charge in [0, 0.05) is 0 Å². The van der Waals surface area contributed by atoms with Gasteiger partial charge < -0.3 is 0 Å². The average molecular weight is 297 g/mol. The lowest BCUT2D eigenvalue weighted by Crippen LogP contribution is -2.07. The van der Waals surface area contributed by atoms with E-state index in [1.165, 1.54) is 94.0 Å². The Morgan fingerprint density at radius 2 is 0.800 bits per heavy atom. The minimum absolute atomic E-state index is 0.279. The molecular weight excluding hydrogens is 255 g/mol. The third kappa shape index (κ3) is 14.9. The molecular formula is C19H41Al. The Morgan fingerprint density at radius 3 is 1.15 bits per heavy atom. The van der Waals surface area contributed by atoms with Gasteiger partial charge in [0.15, 0.2) is 0 Å². The molecule has 1 heteroatoms. The number of rotatable bonds is 16. The molecule has 0 saturated carbocycles. The molecule has 20 heavy (non-hydrogen) atoms.